The SMILES string of the molecule is OC1(c2ccc(F)c(F)c2Cl)CC1. The van der Waals surface area contributed by atoms with Crippen LogP contribution in [0.25, 0.3) is 0 Å². The van der Waals surface area contributed by atoms with E-state index in [4.69, 9.17) is 11.6 Å². The fourth-order valence-electron chi connectivity index (χ4n) is 1.27. The van der Waals surface area contributed by atoms with Crippen LogP contribution in [-0.4, -0.2) is 5.11 Å². The van der Waals surface area contributed by atoms with Gasteiger partial charge in [-0.25, -0.2) is 8.78 Å². The van der Waals surface area contributed by atoms with Gasteiger partial charge in [0.05, 0.1) is 10.6 Å². The molecule has 0 aliphatic heterocycles. The van der Waals surface area contributed by atoms with Gasteiger partial charge < -0.3 is 5.11 Å². The molecule has 0 aromatic heterocycles. The van der Waals surface area contributed by atoms with Crippen LogP contribution in [0.3, 0.4) is 0 Å². The molecule has 1 N–H and O–H groups in total. The number of hydrogen-bond acceptors (Lipinski definition) is 1. The van der Waals surface area contributed by atoms with Gasteiger partial charge in [0.1, 0.15) is 0 Å². The lowest BCUT2D eigenvalue weighted by atomic mass is 10.1. The van der Waals surface area contributed by atoms with Crippen molar-refractivity contribution in [1.29, 1.82) is 0 Å². The molecule has 0 radical (unpaired) electrons. The van der Waals surface area contributed by atoms with Crippen molar-refractivity contribution >= 4 is 11.6 Å². The third kappa shape index (κ3) is 1.32. The van der Waals surface area contributed by atoms with Gasteiger partial charge in [0, 0.05) is 5.56 Å². The Morgan fingerprint density at radius 1 is 1.31 bits per heavy atom. The summed E-state index contributed by atoms with van der Waals surface area (Å²) in [5.41, 5.74) is -0.737. The van der Waals surface area contributed by atoms with Gasteiger partial charge in [-0.15, -0.1) is 0 Å². The normalized spacial score (nSPS) is 18.8. The maximum atomic E-state index is 12.9. The molecular weight excluding hydrogens is 198 g/mol. The molecule has 0 amide bonds. The molecule has 1 nitrogen and oxygen atoms in total. The lowest BCUT2D eigenvalue weighted by Gasteiger charge is -2.10. The zero-order valence-electron chi connectivity index (χ0n) is 6.65. The molecule has 1 aliphatic rings. The van der Waals surface area contributed by atoms with Gasteiger partial charge in [0.2, 0.25) is 0 Å². The highest BCUT2D eigenvalue weighted by Crippen LogP contribution is 2.48. The second-order valence-corrected chi connectivity index (χ2v) is 3.63. The first-order valence-corrected chi connectivity index (χ1v) is 4.29. The molecule has 13 heavy (non-hydrogen) atoms. The second kappa shape index (κ2) is 2.66. The van der Waals surface area contributed by atoms with Crippen LogP contribution in [0.2, 0.25) is 5.02 Å². The second-order valence-electron chi connectivity index (χ2n) is 3.25. The third-order valence-corrected chi connectivity index (χ3v) is 2.63. The van der Waals surface area contributed by atoms with Gasteiger partial charge in [-0.3, -0.25) is 0 Å². The van der Waals surface area contributed by atoms with Crippen molar-refractivity contribution < 1.29 is 13.9 Å². The molecule has 1 saturated carbocycles. The summed E-state index contributed by atoms with van der Waals surface area (Å²) in [6.45, 7) is 0. The van der Waals surface area contributed by atoms with Crippen molar-refractivity contribution in [2.75, 3.05) is 0 Å². The summed E-state index contributed by atoms with van der Waals surface area (Å²) in [5, 5.41) is 9.32. The Balaban J connectivity index is 2.54. The number of aliphatic hydroxyl groups is 1. The standard InChI is InChI=1S/C9H7ClF2O/c10-7-5(9(13)3-4-9)1-2-6(11)8(7)12/h1-2,13H,3-4H2. The molecule has 0 unspecified atom stereocenters. The molecule has 1 aliphatic carbocycles. The van der Waals surface area contributed by atoms with Gasteiger partial charge in [-0.2, -0.15) is 0 Å². The zero-order chi connectivity index (χ0) is 9.64. The molecule has 2 rings (SSSR count). The average molecular weight is 205 g/mol. The smallest absolute Gasteiger partial charge is 0.177 e. The summed E-state index contributed by atoms with van der Waals surface area (Å²) < 4.78 is 25.6. The van der Waals surface area contributed by atoms with Crippen molar-refractivity contribution in [3.05, 3.63) is 34.4 Å². The summed E-state index contributed by atoms with van der Waals surface area (Å²) in [7, 11) is 0. The first kappa shape index (κ1) is 8.91. The first-order valence-electron chi connectivity index (χ1n) is 3.91. The summed E-state index contributed by atoms with van der Waals surface area (Å²) in [6.07, 6.45) is 1.11. The van der Waals surface area contributed by atoms with Crippen LogP contribution in [0.5, 0.6) is 0 Å². The molecular formula is C9H7ClF2O. The van der Waals surface area contributed by atoms with Crippen LogP contribution in [0.4, 0.5) is 8.78 Å². The predicted molar refractivity (Wildman–Crippen MR) is 44.5 cm³/mol. The lowest BCUT2D eigenvalue weighted by Crippen LogP contribution is -2.06. The Labute approximate surface area is 78.9 Å². The lowest BCUT2D eigenvalue weighted by molar-refractivity contribution is 0.151. The van der Waals surface area contributed by atoms with Gasteiger partial charge in [-0.1, -0.05) is 17.7 Å². The van der Waals surface area contributed by atoms with Crippen LogP contribution in [-0.2, 0) is 5.60 Å². The highest BCUT2D eigenvalue weighted by molar-refractivity contribution is 6.31. The van der Waals surface area contributed by atoms with Crippen molar-refractivity contribution in [2.45, 2.75) is 18.4 Å². The molecule has 1 fully saturated rings. The summed E-state index contributed by atoms with van der Waals surface area (Å²) in [5.74, 6) is -2.07. The van der Waals surface area contributed by atoms with Crippen LogP contribution in [0.15, 0.2) is 12.1 Å². The van der Waals surface area contributed by atoms with E-state index in [2.05, 4.69) is 0 Å². The van der Waals surface area contributed by atoms with E-state index in [9.17, 15) is 13.9 Å². The minimum absolute atomic E-state index is 0.285. The minimum Gasteiger partial charge on any atom is -0.385 e. The maximum absolute atomic E-state index is 12.9. The van der Waals surface area contributed by atoms with Crippen molar-refractivity contribution in [2.24, 2.45) is 0 Å². The van der Waals surface area contributed by atoms with Crippen molar-refractivity contribution in [3.8, 4) is 0 Å². The Morgan fingerprint density at radius 3 is 2.46 bits per heavy atom. The Bertz CT molecular complexity index is 361. The van der Waals surface area contributed by atoms with E-state index in [0.717, 1.165) is 6.07 Å². The quantitative estimate of drug-likeness (QED) is 0.698. The molecule has 4 heteroatoms. The van der Waals surface area contributed by atoms with E-state index in [1.54, 1.807) is 0 Å². The molecule has 0 atom stereocenters. The summed E-state index contributed by atoms with van der Waals surface area (Å²) in [4.78, 5) is 0. The van der Waals surface area contributed by atoms with E-state index in [0.29, 0.717) is 12.8 Å². The van der Waals surface area contributed by atoms with Crippen LogP contribution in [0.1, 0.15) is 18.4 Å². The van der Waals surface area contributed by atoms with Gasteiger partial charge in [0.15, 0.2) is 11.6 Å². The van der Waals surface area contributed by atoms with E-state index in [1.807, 2.05) is 0 Å². The summed E-state index contributed by atoms with van der Waals surface area (Å²) >= 11 is 5.55. The van der Waals surface area contributed by atoms with E-state index < -0.39 is 17.2 Å². The topological polar surface area (TPSA) is 20.2 Å². The average Bonchev–Trinajstić information content (AvgIpc) is 2.80. The summed E-state index contributed by atoms with van der Waals surface area (Å²) in [6, 6.07) is 2.31. The van der Waals surface area contributed by atoms with Crippen LogP contribution >= 0.6 is 11.6 Å². The van der Waals surface area contributed by atoms with E-state index >= 15 is 0 Å². The molecule has 1 aromatic carbocycles. The monoisotopic (exact) mass is 204 g/mol. The maximum Gasteiger partial charge on any atom is 0.177 e. The van der Waals surface area contributed by atoms with Crippen molar-refractivity contribution in [1.82, 2.24) is 0 Å². The number of rotatable bonds is 1. The molecule has 70 valence electrons. The number of hydrogen-bond donors (Lipinski definition) is 1. The minimum atomic E-state index is -1.08. The van der Waals surface area contributed by atoms with Gasteiger partial charge in [0.25, 0.3) is 0 Å². The predicted octanol–water partition coefficient (Wildman–Crippen LogP) is 2.60. The van der Waals surface area contributed by atoms with Gasteiger partial charge in [-0.05, 0) is 18.9 Å². The highest BCUT2D eigenvalue weighted by atomic mass is 35.5. The van der Waals surface area contributed by atoms with E-state index in [1.165, 1.54) is 6.07 Å². The first-order chi connectivity index (χ1) is 6.04. The fraction of sp³-hybridized carbons (Fsp3) is 0.333. The molecule has 1 aromatic rings. The number of halogens is 3. The Kier molecular flexibility index (Phi) is 1.82. The highest BCUT2D eigenvalue weighted by Gasteiger charge is 2.44. The Morgan fingerprint density at radius 2 is 1.92 bits per heavy atom. The molecule has 0 saturated heterocycles. The number of benzene rings is 1. The molecule has 0 spiro atoms. The molecule has 0 heterocycles. The Hall–Kier alpha value is -0.670. The third-order valence-electron chi connectivity index (χ3n) is 2.26. The molecule has 0 bridgehead atoms. The van der Waals surface area contributed by atoms with Crippen LogP contribution in [0, 0.1) is 11.6 Å². The van der Waals surface area contributed by atoms with E-state index in [-0.39, 0.29) is 10.6 Å². The fourth-order valence-corrected chi connectivity index (χ4v) is 1.60. The van der Waals surface area contributed by atoms with Gasteiger partial charge >= 0.3 is 0 Å². The van der Waals surface area contributed by atoms with Crippen molar-refractivity contribution in [3.63, 3.8) is 0 Å². The van der Waals surface area contributed by atoms with Crippen LogP contribution < -0.4 is 0 Å². The largest absolute Gasteiger partial charge is 0.385 e. The zero-order valence-corrected chi connectivity index (χ0v) is 7.41.